The summed E-state index contributed by atoms with van der Waals surface area (Å²) in [4.78, 5) is 0. The van der Waals surface area contributed by atoms with Crippen LogP contribution in [0.5, 0.6) is 0 Å². The van der Waals surface area contributed by atoms with E-state index in [1.807, 2.05) is 6.92 Å². The molecule has 2 rings (SSSR count). The summed E-state index contributed by atoms with van der Waals surface area (Å²) in [5, 5.41) is 9.57. The van der Waals surface area contributed by atoms with Crippen LogP contribution in [0.3, 0.4) is 0 Å². The maximum Gasteiger partial charge on any atom is 0.203 e. The molecule has 0 radical (unpaired) electrons. The standard InChI is InChI=1S/C8H11IO3/c1-5-6(10)4-8(7(5)9)11-2-3-12-8/h6,10H,2-4H2,1H3/t6-/m0/s1. The Morgan fingerprint density at radius 1 is 1.50 bits per heavy atom. The molecular formula is C8H11IO3. The Hall–Kier alpha value is 0.350. The summed E-state index contributed by atoms with van der Waals surface area (Å²) in [6.45, 7) is 3.19. The van der Waals surface area contributed by atoms with Crippen LogP contribution in [0.25, 0.3) is 0 Å². The Kier molecular flexibility index (Phi) is 2.18. The zero-order valence-corrected chi connectivity index (χ0v) is 9.00. The van der Waals surface area contributed by atoms with Crippen molar-refractivity contribution in [3.05, 3.63) is 9.15 Å². The van der Waals surface area contributed by atoms with Crippen molar-refractivity contribution >= 4 is 22.6 Å². The van der Waals surface area contributed by atoms with Crippen LogP contribution in [-0.4, -0.2) is 30.2 Å². The summed E-state index contributed by atoms with van der Waals surface area (Å²) in [5.74, 6) is -0.593. The Morgan fingerprint density at radius 2 is 2.08 bits per heavy atom. The van der Waals surface area contributed by atoms with Gasteiger partial charge in [-0.3, -0.25) is 0 Å². The smallest absolute Gasteiger partial charge is 0.203 e. The van der Waals surface area contributed by atoms with Gasteiger partial charge in [-0.2, -0.15) is 0 Å². The lowest BCUT2D eigenvalue weighted by Gasteiger charge is -2.22. The van der Waals surface area contributed by atoms with Crippen LogP contribution >= 0.6 is 22.6 Å². The van der Waals surface area contributed by atoms with Gasteiger partial charge in [0.25, 0.3) is 0 Å². The molecule has 1 N–H and O–H groups in total. The molecule has 12 heavy (non-hydrogen) atoms. The van der Waals surface area contributed by atoms with E-state index < -0.39 is 11.9 Å². The van der Waals surface area contributed by atoms with Gasteiger partial charge in [0.2, 0.25) is 5.79 Å². The quantitative estimate of drug-likeness (QED) is 0.679. The molecule has 1 aliphatic heterocycles. The fraction of sp³-hybridized carbons (Fsp3) is 0.750. The molecule has 1 fully saturated rings. The number of hydrogen-bond acceptors (Lipinski definition) is 3. The van der Waals surface area contributed by atoms with E-state index in [0.717, 1.165) is 9.15 Å². The van der Waals surface area contributed by atoms with Crippen molar-refractivity contribution in [2.75, 3.05) is 13.2 Å². The average Bonchev–Trinajstić information content (AvgIpc) is 2.57. The van der Waals surface area contributed by atoms with Gasteiger partial charge in [0.1, 0.15) is 0 Å². The fourth-order valence-corrected chi connectivity index (χ4v) is 2.53. The summed E-state index contributed by atoms with van der Waals surface area (Å²) in [5.41, 5.74) is 0.984. The van der Waals surface area contributed by atoms with Crippen LogP contribution in [0.15, 0.2) is 9.15 Å². The molecule has 0 aromatic rings. The number of ether oxygens (including phenoxy) is 2. The van der Waals surface area contributed by atoms with Crippen molar-refractivity contribution in [2.24, 2.45) is 0 Å². The molecule has 3 nitrogen and oxygen atoms in total. The molecule has 1 heterocycles. The van der Waals surface area contributed by atoms with Crippen molar-refractivity contribution in [1.82, 2.24) is 0 Å². The molecule has 1 aliphatic carbocycles. The number of rotatable bonds is 0. The highest BCUT2D eigenvalue weighted by molar-refractivity contribution is 14.1. The summed E-state index contributed by atoms with van der Waals surface area (Å²) in [7, 11) is 0. The summed E-state index contributed by atoms with van der Waals surface area (Å²) < 4.78 is 12.0. The van der Waals surface area contributed by atoms with Crippen molar-refractivity contribution in [3.8, 4) is 0 Å². The van der Waals surface area contributed by atoms with Crippen LogP contribution in [0, 0.1) is 0 Å². The van der Waals surface area contributed by atoms with E-state index in [9.17, 15) is 5.11 Å². The van der Waals surface area contributed by atoms with Gasteiger partial charge < -0.3 is 14.6 Å². The first-order valence-corrected chi connectivity index (χ1v) is 5.06. The zero-order valence-electron chi connectivity index (χ0n) is 6.84. The predicted octanol–water partition coefficient (Wildman–Crippen LogP) is 1.20. The third kappa shape index (κ3) is 1.13. The van der Waals surface area contributed by atoms with Gasteiger partial charge in [0.05, 0.1) is 22.9 Å². The van der Waals surface area contributed by atoms with E-state index in [1.165, 1.54) is 0 Å². The molecule has 1 saturated heterocycles. The van der Waals surface area contributed by atoms with Crippen LogP contribution in [0.1, 0.15) is 13.3 Å². The van der Waals surface area contributed by atoms with Gasteiger partial charge in [-0.25, -0.2) is 0 Å². The molecule has 1 atom stereocenters. The molecule has 68 valence electrons. The molecule has 0 aromatic carbocycles. The maximum absolute atomic E-state index is 9.57. The number of halogens is 1. The third-order valence-corrected chi connectivity index (χ3v) is 4.07. The van der Waals surface area contributed by atoms with E-state index in [4.69, 9.17) is 9.47 Å². The molecular weight excluding hydrogens is 271 g/mol. The largest absolute Gasteiger partial charge is 0.389 e. The van der Waals surface area contributed by atoms with E-state index >= 15 is 0 Å². The second-order valence-electron chi connectivity index (χ2n) is 3.17. The van der Waals surface area contributed by atoms with Gasteiger partial charge in [0.15, 0.2) is 0 Å². The first-order chi connectivity index (χ1) is 5.66. The van der Waals surface area contributed by atoms with Gasteiger partial charge >= 0.3 is 0 Å². The first-order valence-electron chi connectivity index (χ1n) is 3.98. The molecule has 0 aromatic heterocycles. The van der Waals surface area contributed by atoms with Gasteiger partial charge in [0, 0.05) is 6.42 Å². The molecule has 0 bridgehead atoms. The Balaban J connectivity index is 2.31. The molecule has 2 aliphatic rings. The molecule has 1 spiro atoms. The van der Waals surface area contributed by atoms with Crippen LogP contribution in [0.4, 0.5) is 0 Å². The first kappa shape index (κ1) is 8.93. The number of hydrogen-bond donors (Lipinski definition) is 1. The summed E-state index contributed by atoms with van der Waals surface area (Å²) in [6, 6.07) is 0. The van der Waals surface area contributed by atoms with Crippen LogP contribution in [-0.2, 0) is 9.47 Å². The Morgan fingerprint density at radius 3 is 2.50 bits per heavy atom. The second kappa shape index (κ2) is 2.94. The zero-order chi connectivity index (χ0) is 8.77. The third-order valence-electron chi connectivity index (χ3n) is 2.40. The Bertz CT molecular complexity index is 230. The van der Waals surface area contributed by atoms with Gasteiger partial charge in [-0.05, 0) is 35.1 Å². The lowest BCUT2D eigenvalue weighted by atomic mass is 10.2. The summed E-state index contributed by atoms with van der Waals surface area (Å²) in [6.07, 6.45) is 0.159. The maximum atomic E-state index is 9.57. The van der Waals surface area contributed by atoms with Crippen LogP contribution < -0.4 is 0 Å². The SMILES string of the molecule is CC1=C(I)C2(C[C@@H]1O)OCCO2. The molecule has 0 unspecified atom stereocenters. The number of aliphatic hydroxyl groups is 1. The molecule has 4 heteroatoms. The second-order valence-corrected chi connectivity index (χ2v) is 4.25. The highest BCUT2D eigenvalue weighted by Gasteiger charge is 2.47. The minimum absolute atomic E-state index is 0.394. The minimum Gasteiger partial charge on any atom is -0.389 e. The predicted molar refractivity (Wildman–Crippen MR) is 52.0 cm³/mol. The average molecular weight is 282 g/mol. The highest BCUT2D eigenvalue weighted by Crippen LogP contribution is 2.45. The van der Waals surface area contributed by atoms with Crippen molar-refractivity contribution in [3.63, 3.8) is 0 Å². The van der Waals surface area contributed by atoms with E-state index in [2.05, 4.69) is 22.6 Å². The topological polar surface area (TPSA) is 38.7 Å². The van der Waals surface area contributed by atoms with Crippen molar-refractivity contribution in [1.29, 1.82) is 0 Å². The summed E-state index contributed by atoms with van der Waals surface area (Å²) >= 11 is 2.20. The van der Waals surface area contributed by atoms with E-state index in [1.54, 1.807) is 0 Å². The lowest BCUT2D eigenvalue weighted by Crippen LogP contribution is -2.29. The van der Waals surface area contributed by atoms with Crippen molar-refractivity contribution < 1.29 is 14.6 Å². The van der Waals surface area contributed by atoms with Gasteiger partial charge in [-0.1, -0.05) is 0 Å². The normalized spacial score (nSPS) is 33.8. The lowest BCUT2D eigenvalue weighted by molar-refractivity contribution is -0.126. The molecule has 0 saturated carbocycles. The highest BCUT2D eigenvalue weighted by atomic mass is 127. The van der Waals surface area contributed by atoms with Crippen LogP contribution in [0.2, 0.25) is 0 Å². The monoisotopic (exact) mass is 282 g/mol. The number of aliphatic hydroxyl groups excluding tert-OH is 1. The van der Waals surface area contributed by atoms with E-state index in [-0.39, 0.29) is 0 Å². The minimum atomic E-state index is -0.593. The fourth-order valence-electron chi connectivity index (χ4n) is 1.64. The van der Waals surface area contributed by atoms with E-state index in [0.29, 0.717) is 19.6 Å². The Labute approximate surface area is 84.9 Å². The molecule has 0 amide bonds. The van der Waals surface area contributed by atoms with Crippen molar-refractivity contribution in [2.45, 2.75) is 25.2 Å². The van der Waals surface area contributed by atoms with Gasteiger partial charge in [-0.15, -0.1) is 0 Å².